The van der Waals surface area contributed by atoms with E-state index in [1.54, 1.807) is 0 Å². The third kappa shape index (κ3) is 4.29. The van der Waals surface area contributed by atoms with Crippen LogP contribution in [-0.2, 0) is 6.18 Å². The van der Waals surface area contributed by atoms with Gasteiger partial charge in [-0.25, -0.2) is 0 Å². The van der Waals surface area contributed by atoms with Crippen LogP contribution in [0.15, 0.2) is 18.2 Å². The quantitative estimate of drug-likeness (QED) is 0.681. The second kappa shape index (κ2) is 6.85. The molecule has 1 aliphatic carbocycles. The van der Waals surface area contributed by atoms with Gasteiger partial charge < -0.3 is 10.6 Å². The minimum absolute atomic E-state index is 0.0800. The van der Waals surface area contributed by atoms with Gasteiger partial charge in [0.25, 0.3) is 0 Å². The molecule has 0 radical (unpaired) electrons. The van der Waals surface area contributed by atoms with Crippen LogP contribution in [0, 0.1) is 5.92 Å². The van der Waals surface area contributed by atoms with E-state index in [2.05, 4.69) is 24.5 Å². The van der Waals surface area contributed by atoms with Crippen LogP contribution in [0.2, 0.25) is 5.02 Å². The van der Waals surface area contributed by atoms with Crippen molar-refractivity contribution in [2.24, 2.45) is 5.92 Å². The van der Waals surface area contributed by atoms with E-state index in [1.165, 1.54) is 12.1 Å². The maximum absolute atomic E-state index is 12.9. The highest BCUT2D eigenvalue weighted by atomic mass is 35.5. The van der Waals surface area contributed by atoms with E-state index in [1.807, 2.05) is 0 Å². The highest BCUT2D eigenvalue weighted by Gasteiger charge is 2.37. The van der Waals surface area contributed by atoms with Gasteiger partial charge in [-0.1, -0.05) is 38.3 Å². The van der Waals surface area contributed by atoms with Gasteiger partial charge in [0.2, 0.25) is 0 Å². The lowest BCUT2D eigenvalue weighted by atomic mass is 9.85. The maximum Gasteiger partial charge on any atom is 0.417 e. The van der Waals surface area contributed by atoms with E-state index in [0.29, 0.717) is 11.0 Å². The zero-order valence-corrected chi connectivity index (χ0v) is 14.6. The van der Waals surface area contributed by atoms with Crippen molar-refractivity contribution >= 4 is 34.6 Å². The molecular weight excluding hydrogens is 345 g/mol. The molecule has 1 saturated carbocycles. The summed E-state index contributed by atoms with van der Waals surface area (Å²) >= 11 is 10.9. The predicted molar refractivity (Wildman–Crippen MR) is 91.8 cm³/mol. The average Bonchev–Trinajstić information content (AvgIpc) is 2.89. The number of hydrogen-bond acceptors (Lipinski definition) is 1. The van der Waals surface area contributed by atoms with E-state index >= 15 is 0 Å². The predicted octanol–water partition coefficient (Wildman–Crippen LogP) is 5.61. The van der Waals surface area contributed by atoms with Crippen molar-refractivity contribution in [1.29, 1.82) is 0 Å². The summed E-state index contributed by atoms with van der Waals surface area (Å²) in [5, 5.41) is 6.19. The van der Waals surface area contributed by atoms with Gasteiger partial charge in [0, 0.05) is 11.2 Å². The fourth-order valence-electron chi connectivity index (χ4n) is 3.06. The van der Waals surface area contributed by atoms with Gasteiger partial charge in [0.15, 0.2) is 5.11 Å². The first-order chi connectivity index (χ1) is 10.6. The number of halogens is 4. The normalized spacial score (nSPS) is 17.3. The van der Waals surface area contributed by atoms with Crippen LogP contribution in [0.4, 0.5) is 18.9 Å². The van der Waals surface area contributed by atoms with E-state index < -0.39 is 11.7 Å². The molecule has 0 heterocycles. The fraction of sp³-hybridized carbons (Fsp3) is 0.562. The van der Waals surface area contributed by atoms with Crippen molar-refractivity contribution in [1.82, 2.24) is 5.32 Å². The summed E-state index contributed by atoms with van der Waals surface area (Å²) in [6, 6.07) is 3.69. The molecule has 1 fully saturated rings. The summed E-state index contributed by atoms with van der Waals surface area (Å²) in [7, 11) is 0. The molecule has 128 valence electrons. The highest BCUT2D eigenvalue weighted by Crippen LogP contribution is 2.37. The van der Waals surface area contributed by atoms with Gasteiger partial charge in [0.05, 0.1) is 10.6 Å². The molecule has 0 spiro atoms. The van der Waals surface area contributed by atoms with Crippen LogP contribution in [0.5, 0.6) is 0 Å². The molecular formula is C16H20ClF3N2S. The topological polar surface area (TPSA) is 24.1 Å². The lowest BCUT2D eigenvalue weighted by Crippen LogP contribution is -2.51. The molecule has 0 aliphatic heterocycles. The minimum Gasteiger partial charge on any atom is -0.357 e. The van der Waals surface area contributed by atoms with Crippen LogP contribution >= 0.6 is 23.8 Å². The lowest BCUT2D eigenvalue weighted by molar-refractivity contribution is -0.137. The number of nitrogens with one attached hydrogen (secondary N) is 2. The number of alkyl halides is 3. The van der Waals surface area contributed by atoms with E-state index in [9.17, 15) is 13.2 Å². The first-order valence-corrected chi connectivity index (χ1v) is 8.38. The largest absolute Gasteiger partial charge is 0.417 e. The Bertz CT molecular complexity index is 581. The van der Waals surface area contributed by atoms with E-state index in [-0.39, 0.29) is 16.2 Å². The molecule has 2 rings (SSSR count). The Morgan fingerprint density at radius 2 is 1.87 bits per heavy atom. The van der Waals surface area contributed by atoms with Crippen LogP contribution < -0.4 is 10.6 Å². The molecule has 0 saturated heterocycles. The van der Waals surface area contributed by atoms with Crippen LogP contribution in [0.1, 0.15) is 45.1 Å². The second-order valence-corrected chi connectivity index (χ2v) is 7.10. The summed E-state index contributed by atoms with van der Waals surface area (Å²) in [5.41, 5.74) is -0.675. The van der Waals surface area contributed by atoms with Gasteiger partial charge >= 0.3 is 6.18 Å². The van der Waals surface area contributed by atoms with Gasteiger partial charge in [0.1, 0.15) is 0 Å². The van der Waals surface area contributed by atoms with Crippen molar-refractivity contribution in [3.05, 3.63) is 28.8 Å². The van der Waals surface area contributed by atoms with E-state index in [0.717, 1.165) is 31.7 Å². The van der Waals surface area contributed by atoms with Crippen LogP contribution in [0.25, 0.3) is 0 Å². The van der Waals surface area contributed by atoms with Gasteiger partial charge in [-0.05, 0) is 49.2 Å². The number of hydrogen-bond donors (Lipinski definition) is 2. The average molecular weight is 365 g/mol. The first-order valence-electron chi connectivity index (χ1n) is 7.60. The number of rotatable bonds is 3. The number of thiocarbonyl (C=S) groups is 1. The first kappa shape index (κ1) is 18.3. The van der Waals surface area contributed by atoms with Crippen LogP contribution in [0.3, 0.4) is 0 Å². The molecule has 2 N–H and O–H groups in total. The fourth-order valence-corrected chi connectivity index (χ4v) is 3.61. The molecule has 2 nitrogen and oxygen atoms in total. The van der Waals surface area contributed by atoms with Crippen LogP contribution in [-0.4, -0.2) is 10.7 Å². The third-order valence-electron chi connectivity index (χ3n) is 4.49. The standard InChI is InChI=1S/C16H20ClF3N2S/c1-10(2)15(7-3-4-8-15)22-14(23)21-11-5-6-13(17)12(9-11)16(18,19)20/h5-6,9-10H,3-4,7-8H2,1-2H3,(H2,21,22,23). The van der Waals surface area contributed by atoms with Crippen molar-refractivity contribution < 1.29 is 13.2 Å². The molecule has 0 aromatic heterocycles. The van der Waals surface area contributed by atoms with Gasteiger partial charge in [-0.2, -0.15) is 13.2 Å². The Kier molecular flexibility index (Phi) is 5.46. The molecule has 0 unspecified atom stereocenters. The summed E-state index contributed by atoms with van der Waals surface area (Å²) in [5.74, 6) is 0.390. The molecule has 23 heavy (non-hydrogen) atoms. The SMILES string of the molecule is CC(C)C1(NC(=S)Nc2ccc(Cl)c(C(F)(F)F)c2)CCCC1. The molecule has 1 aromatic carbocycles. The molecule has 1 aromatic rings. The smallest absolute Gasteiger partial charge is 0.357 e. The summed E-state index contributed by atoms with van der Waals surface area (Å²) < 4.78 is 38.7. The third-order valence-corrected chi connectivity index (χ3v) is 5.03. The van der Waals surface area contributed by atoms with Crippen molar-refractivity contribution in [2.75, 3.05) is 5.32 Å². The van der Waals surface area contributed by atoms with Crippen molar-refractivity contribution in [3.8, 4) is 0 Å². The zero-order chi connectivity index (χ0) is 17.3. The number of benzene rings is 1. The Balaban J connectivity index is 2.12. The summed E-state index contributed by atoms with van der Waals surface area (Å²) in [6.07, 6.45) is -0.198. The Labute approximate surface area is 144 Å². The molecule has 7 heteroatoms. The monoisotopic (exact) mass is 364 g/mol. The maximum atomic E-state index is 12.9. The second-order valence-electron chi connectivity index (χ2n) is 6.29. The molecule has 0 amide bonds. The Morgan fingerprint density at radius 1 is 1.26 bits per heavy atom. The Hall–Kier alpha value is -1.01. The minimum atomic E-state index is -4.49. The lowest BCUT2D eigenvalue weighted by Gasteiger charge is -2.36. The van der Waals surface area contributed by atoms with Gasteiger partial charge in [-0.3, -0.25) is 0 Å². The van der Waals surface area contributed by atoms with Crippen molar-refractivity contribution in [2.45, 2.75) is 51.2 Å². The molecule has 0 bridgehead atoms. The number of anilines is 1. The zero-order valence-electron chi connectivity index (χ0n) is 13.1. The summed E-state index contributed by atoms with van der Waals surface area (Å²) in [4.78, 5) is 0. The van der Waals surface area contributed by atoms with Crippen molar-refractivity contribution in [3.63, 3.8) is 0 Å². The molecule has 0 atom stereocenters. The Morgan fingerprint density at radius 3 is 2.39 bits per heavy atom. The van der Waals surface area contributed by atoms with Gasteiger partial charge in [-0.15, -0.1) is 0 Å². The molecule has 1 aliphatic rings. The summed E-state index contributed by atoms with van der Waals surface area (Å²) in [6.45, 7) is 4.26. The van der Waals surface area contributed by atoms with E-state index in [4.69, 9.17) is 23.8 Å². The highest BCUT2D eigenvalue weighted by molar-refractivity contribution is 7.80.